The minimum Gasteiger partial charge on any atom is -0.352 e. The van der Waals surface area contributed by atoms with Crippen LogP contribution in [0, 0.1) is 6.92 Å². The van der Waals surface area contributed by atoms with Gasteiger partial charge in [-0.2, -0.15) is 0 Å². The van der Waals surface area contributed by atoms with E-state index in [0.717, 1.165) is 36.5 Å². The summed E-state index contributed by atoms with van der Waals surface area (Å²) in [4.78, 5) is 15.7. The van der Waals surface area contributed by atoms with Gasteiger partial charge >= 0.3 is 0 Å². The molecule has 0 spiro atoms. The molecule has 0 atom stereocenters. The number of thiazole rings is 1. The van der Waals surface area contributed by atoms with Crippen molar-refractivity contribution in [3.8, 4) is 0 Å². The van der Waals surface area contributed by atoms with Gasteiger partial charge in [-0.1, -0.05) is 0 Å². The van der Waals surface area contributed by atoms with Gasteiger partial charge in [0.25, 0.3) is 0 Å². The van der Waals surface area contributed by atoms with Crippen LogP contribution in [0.5, 0.6) is 0 Å². The summed E-state index contributed by atoms with van der Waals surface area (Å²) in [6, 6.07) is 0.454. The van der Waals surface area contributed by atoms with Crippen LogP contribution in [-0.4, -0.2) is 30.0 Å². The van der Waals surface area contributed by atoms with Crippen LogP contribution in [-0.2, 0) is 11.2 Å². The zero-order valence-electron chi connectivity index (χ0n) is 9.45. The summed E-state index contributed by atoms with van der Waals surface area (Å²) < 4.78 is 0. The maximum Gasteiger partial charge on any atom is 0.234 e. The smallest absolute Gasteiger partial charge is 0.234 e. The third kappa shape index (κ3) is 3.90. The van der Waals surface area contributed by atoms with E-state index >= 15 is 0 Å². The van der Waals surface area contributed by atoms with Crippen LogP contribution in [0.25, 0.3) is 0 Å². The van der Waals surface area contributed by atoms with Crippen molar-refractivity contribution < 1.29 is 4.79 Å². The highest BCUT2D eigenvalue weighted by Gasteiger charge is 2.22. The van der Waals surface area contributed by atoms with Gasteiger partial charge in [0, 0.05) is 24.4 Å². The first kappa shape index (κ1) is 11.5. The molecule has 1 fully saturated rings. The number of carbonyl (C=O) groups excluding carboxylic acids is 1. The predicted molar refractivity (Wildman–Crippen MR) is 64.6 cm³/mol. The van der Waals surface area contributed by atoms with Crippen LogP contribution in [0.1, 0.15) is 23.5 Å². The number of aromatic nitrogens is 1. The Morgan fingerprint density at radius 3 is 3.06 bits per heavy atom. The van der Waals surface area contributed by atoms with Crippen LogP contribution in [0.2, 0.25) is 0 Å². The molecule has 5 heteroatoms. The zero-order valence-corrected chi connectivity index (χ0v) is 10.3. The molecule has 1 heterocycles. The lowest BCUT2D eigenvalue weighted by Crippen LogP contribution is -2.35. The maximum atomic E-state index is 11.3. The zero-order chi connectivity index (χ0) is 11.4. The molecule has 1 saturated carbocycles. The molecule has 0 saturated heterocycles. The van der Waals surface area contributed by atoms with Crippen molar-refractivity contribution in [2.45, 2.75) is 32.2 Å². The highest BCUT2D eigenvalue weighted by Crippen LogP contribution is 2.18. The lowest BCUT2D eigenvalue weighted by Gasteiger charge is -2.04. The van der Waals surface area contributed by atoms with Gasteiger partial charge < -0.3 is 10.6 Å². The summed E-state index contributed by atoms with van der Waals surface area (Å²) in [5.74, 6) is 0.108. The van der Waals surface area contributed by atoms with Gasteiger partial charge in [0.15, 0.2) is 0 Å². The number of hydrogen-bond donors (Lipinski definition) is 2. The summed E-state index contributed by atoms with van der Waals surface area (Å²) in [6.45, 7) is 3.23. The number of nitrogens with zero attached hydrogens (tertiary/aromatic N) is 1. The number of nitrogens with one attached hydrogen (secondary N) is 2. The molecular formula is C11H17N3OS. The Bertz CT molecular complexity index is 360. The fourth-order valence-corrected chi connectivity index (χ4v) is 2.09. The fraction of sp³-hybridized carbons (Fsp3) is 0.636. The monoisotopic (exact) mass is 239 g/mol. The second kappa shape index (κ2) is 5.41. The molecule has 0 aromatic carbocycles. The van der Waals surface area contributed by atoms with Crippen LogP contribution in [0.4, 0.5) is 0 Å². The highest BCUT2D eigenvalue weighted by molar-refractivity contribution is 7.09. The van der Waals surface area contributed by atoms with E-state index in [9.17, 15) is 4.79 Å². The summed E-state index contributed by atoms with van der Waals surface area (Å²) in [6.07, 6.45) is 3.18. The topological polar surface area (TPSA) is 54.0 Å². The average Bonchev–Trinajstić information content (AvgIpc) is 2.95. The Morgan fingerprint density at radius 2 is 2.44 bits per heavy atom. The van der Waals surface area contributed by atoms with Crippen LogP contribution in [0.3, 0.4) is 0 Å². The largest absolute Gasteiger partial charge is 0.352 e. The van der Waals surface area contributed by atoms with Crippen LogP contribution < -0.4 is 10.6 Å². The van der Waals surface area contributed by atoms with Crippen molar-refractivity contribution in [1.82, 2.24) is 15.6 Å². The van der Waals surface area contributed by atoms with Gasteiger partial charge in [-0.3, -0.25) is 4.79 Å². The minimum absolute atomic E-state index is 0.108. The third-order valence-electron chi connectivity index (χ3n) is 2.45. The van der Waals surface area contributed by atoms with Crippen molar-refractivity contribution in [2.75, 3.05) is 13.1 Å². The maximum absolute atomic E-state index is 11.3. The molecule has 1 aromatic heterocycles. The van der Waals surface area contributed by atoms with E-state index < -0.39 is 0 Å². The van der Waals surface area contributed by atoms with Crippen molar-refractivity contribution in [1.29, 1.82) is 0 Å². The van der Waals surface area contributed by atoms with Crippen LogP contribution >= 0.6 is 11.3 Å². The van der Waals surface area contributed by atoms with E-state index in [1.165, 1.54) is 0 Å². The first-order valence-corrected chi connectivity index (χ1v) is 6.53. The lowest BCUT2D eigenvalue weighted by atomic mass is 10.3. The Kier molecular flexibility index (Phi) is 3.90. The quantitative estimate of drug-likeness (QED) is 0.724. The van der Waals surface area contributed by atoms with Crippen molar-refractivity contribution in [2.24, 2.45) is 0 Å². The molecule has 1 aromatic rings. The molecule has 0 bridgehead atoms. The normalized spacial score (nSPS) is 15.1. The summed E-state index contributed by atoms with van der Waals surface area (Å²) in [7, 11) is 0. The summed E-state index contributed by atoms with van der Waals surface area (Å²) >= 11 is 1.67. The molecule has 1 amide bonds. The Balaban J connectivity index is 1.55. The molecule has 0 unspecified atom stereocenters. The van der Waals surface area contributed by atoms with E-state index in [1.54, 1.807) is 11.3 Å². The second-order valence-corrected chi connectivity index (χ2v) is 5.19. The Morgan fingerprint density at radius 1 is 1.62 bits per heavy atom. The first-order valence-electron chi connectivity index (χ1n) is 5.65. The summed E-state index contributed by atoms with van der Waals surface area (Å²) in [5, 5.41) is 9.24. The molecular weight excluding hydrogens is 222 g/mol. The van der Waals surface area contributed by atoms with Gasteiger partial charge in [-0.25, -0.2) is 4.98 Å². The number of aryl methyl sites for hydroxylation is 1. The van der Waals surface area contributed by atoms with Crippen molar-refractivity contribution in [3.63, 3.8) is 0 Å². The molecule has 0 aliphatic heterocycles. The summed E-state index contributed by atoms with van der Waals surface area (Å²) in [5.41, 5.74) is 1.11. The first-order chi connectivity index (χ1) is 7.74. The molecule has 1 aliphatic carbocycles. The second-order valence-electron chi connectivity index (χ2n) is 4.13. The fourth-order valence-electron chi connectivity index (χ4n) is 1.45. The molecule has 88 valence electrons. The highest BCUT2D eigenvalue weighted by atomic mass is 32.1. The molecule has 1 aliphatic rings. The van der Waals surface area contributed by atoms with E-state index in [2.05, 4.69) is 21.0 Å². The number of rotatable bonds is 6. The SMILES string of the molecule is Cc1nc(CCNCC(=O)NC2CC2)cs1. The van der Waals surface area contributed by atoms with Gasteiger partial charge in [-0.05, 0) is 19.8 Å². The number of carbonyl (C=O) groups is 1. The average molecular weight is 239 g/mol. The van der Waals surface area contributed by atoms with E-state index in [0.29, 0.717) is 12.6 Å². The molecule has 2 rings (SSSR count). The van der Waals surface area contributed by atoms with Crippen molar-refractivity contribution >= 4 is 17.2 Å². The van der Waals surface area contributed by atoms with Crippen molar-refractivity contribution in [3.05, 3.63) is 16.1 Å². The number of amides is 1. The third-order valence-corrected chi connectivity index (χ3v) is 3.27. The molecule has 4 nitrogen and oxygen atoms in total. The van der Waals surface area contributed by atoms with Gasteiger partial charge in [0.1, 0.15) is 0 Å². The van der Waals surface area contributed by atoms with E-state index in [1.807, 2.05) is 6.92 Å². The predicted octanol–water partition coefficient (Wildman–Crippen LogP) is 0.862. The number of hydrogen-bond acceptors (Lipinski definition) is 4. The minimum atomic E-state index is 0.108. The van der Waals surface area contributed by atoms with E-state index in [-0.39, 0.29) is 5.91 Å². The molecule has 0 radical (unpaired) electrons. The van der Waals surface area contributed by atoms with Gasteiger partial charge in [0.05, 0.1) is 17.2 Å². The standard InChI is InChI=1S/C11H17N3OS/c1-8-13-10(7-16-8)4-5-12-6-11(15)14-9-2-3-9/h7,9,12H,2-6H2,1H3,(H,14,15). The Hall–Kier alpha value is -0.940. The van der Waals surface area contributed by atoms with Gasteiger partial charge in [0.2, 0.25) is 5.91 Å². The van der Waals surface area contributed by atoms with E-state index in [4.69, 9.17) is 0 Å². The molecule has 2 N–H and O–H groups in total. The molecule has 16 heavy (non-hydrogen) atoms. The Labute approximate surface area is 99.5 Å². The van der Waals surface area contributed by atoms with Gasteiger partial charge in [-0.15, -0.1) is 11.3 Å². The lowest BCUT2D eigenvalue weighted by molar-refractivity contribution is -0.120. The van der Waals surface area contributed by atoms with Crippen LogP contribution in [0.15, 0.2) is 5.38 Å².